The molecule has 2 aliphatic heterocycles. The molecule has 0 spiro atoms. The molecule has 5 rings (SSSR count). The molecular weight excluding hydrogens is 467 g/mol. The lowest BCUT2D eigenvalue weighted by atomic mass is 9.91. The van der Waals surface area contributed by atoms with Gasteiger partial charge in [-0.2, -0.15) is 8.78 Å². The quantitative estimate of drug-likeness (QED) is 0.642. The lowest BCUT2D eigenvalue weighted by Crippen LogP contribution is -2.44. The largest absolute Gasteiger partial charge is 0.477 e. The number of carboxylic acids is 1. The van der Waals surface area contributed by atoms with Crippen LogP contribution in [0.25, 0.3) is 10.9 Å². The van der Waals surface area contributed by atoms with E-state index in [0.29, 0.717) is 32.4 Å². The predicted octanol–water partition coefficient (Wildman–Crippen LogP) is 2.75. The molecular formula is C21H23ClF3N3O5. The predicted molar refractivity (Wildman–Crippen MR) is 115 cm³/mol. The lowest BCUT2D eigenvalue weighted by molar-refractivity contribution is -0.0488. The molecule has 0 bridgehead atoms. The van der Waals surface area contributed by atoms with Crippen LogP contribution in [-0.2, 0) is 4.74 Å². The molecule has 180 valence electrons. The van der Waals surface area contributed by atoms with E-state index in [2.05, 4.69) is 0 Å². The minimum absolute atomic E-state index is 0. The maximum absolute atomic E-state index is 15.4. The van der Waals surface area contributed by atoms with Crippen molar-refractivity contribution in [3.63, 3.8) is 0 Å². The zero-order valence-corrected chi connectivity index (χ0v) is 18.2. The van der Waals surface area contributed by atoms with Crippen molar-refractivity contribution in [1.82, 2.24) is 4.57 Å². The van der Waals surface area contributed by atoms with E-state index in [4.69, 9.17) is 15.2 Å². The Kier molecular flexibility index (Phi) is 6.00. The van der Waals surface area contributed by atoms with E-state index in [1.54, 1.807) is 4.90 Å². The molecule has 2 saturated heterocycles. The van der Waals surface area contributed by atoms with Gasteiger partial charge in [0, 0.05) is 44.4 Å². The number of ether oxygens (including phenoxy) is 2. The van der Waals surface area contributed by atoms with Crippen LogP contribution in [0.5, 0.6) is 5.75 Å². The first-order valence-electron chi connectivity index (χ1n) is 10.4. The van der Waals surface area contributed by atoms with Crippen molar-refractivity contribution in [2.24, 2.45) is 11.7 Å². The minimum atomic E-state index is -3.28. The average molecular weight is 490 g/mol. The number of halogens is 4. The van der Waals surface area contributed by atoms with Crippen LogP contribution in [0.3, 0.4) is 0 Å². The molecule has 2 atom stereocenters. The third-order valence-corrected chi connectivity index (χ3v) is 6.74. The first-order valence-corrected chi connectivity index (χ1v) is 10.4. The minimum Gasteiger partial charge on any atom is -0.477 e. The van der Waals surface area contributed by atoms with Crippen molar-refractivity contribution in [2.45, 2.75) is 37.5 Å². The number of fused-ring (bicyclic) bond motifs is 2. The summed E-state index contributed by atoms with van der Waals surface area (Å²) in [6.07, 6.45) is 3.19. The number of nitrogens with two attached hydrogens (primary N) is 1. The summed E-state index contributed by atoms with van der Waals surface area (Å²) < 4.78 is 54.5. The van der Waals surface area contributed by atoms with Crippen molar-refractivity contribution in [3.05, 3.63) is 33.9 Å². The molecule has 3 aliphatic rings. The molecule has 1 aromatic heterocycles. The number of aromatic nitrogens is 1. The highest BCUT2D eigenvalue weighted by Crippen LogP contribution is 2.48. The van der Waals surface area contributed by atoms with Crippen molar-refractivity contribution in [3.8, 4) is 5.75 Å². The molecule has 33 heavy (non-hydrogen) atoms. The first kappa shape index (κ1) is 23.7. The number of benzene rings is 1. The molecule has 3 heterocycles. The summed E-state index contributed by atoms with van der Waals surface area (Å²) in [6.45, 7) is -2.03. The second kappa shape index (κ2) is 8.37. The van der Waals surface area contributed by atoms with Crippen LogP contribution < -0.4 is 20.8 Å². The van der Waals surface area contributed by atoms with E-state index < -0.39 is 40.7 Å². The second-order valence-electron chi connectivity index (χ2n) is 8.61. The fourth-order valence-corrected chi connectivity index (χ4v) is 5.06. The van der Waals surface area contributed by atoms with Crippen molar-refractivity contribution in [2.75, 3.05) is 31.1 Å². The summed E-state index contributed by atoms with van der Waals surface area (Å²) in [4.78, 5) is 25.9. The van der Waals surface area contributed by atoms with Crippen LogP contribution in [0.1, 0.15) is 35.7 Å². The van der Waals surface area contributed by atoms with E-state index in [0.717, 1.165) is 12.3 Å². The number of carbonyl (C=O) groups is 1. The number of rotatable bonds is 6. The van der Waals surface area contributed by atoms with Gasteiger partial charge in [0.25, 0.3) is 0 Å². The summed E-state index contributed by atoms with van der Waals surface area (Å²) in [5.41, 5.74) is 3.51. The molecule has 3 fully saturated rings. The molecule has 0 amide bonds. The summed E-state index contributed by atoms with van der Waals surface area (Å²) in [7, 11) is 0. The monoisotopic (exact) mass is 489 g/mol. The van der Waals surface area contributed by atoms with E-state index >= 15 is 4.39 Å². The normalized spacial score (nSPS) is 24.3. The van der Waals surface area contributed by atoms with Gasteiger partial charge in [0.15, 0.2) is 11.6 Å². The first-order chi connectivity index (χ1) is 15.3. The maximum Gasteiger partial charge on any atom is 0.387 e. The van der Waals surface area contributed by atoms with Crippen molar-refractivity contribution < 1.29 is 32.5 Å². The summed E-state index contributed by atoms with van der Waals surface area (Å²) >= 11 is 0. The third-order valence-electron chi connectivity index (χ3n) is 6.74. The molecule has 0 radical (unpaired) electrons. The number of aromatic carboxylic acids is 1. The zero-order chi connectivity index (χ0) is 22.8. The Hall–Kier alpha value is -2.50. The summed E-state index contributed by atoms with van der Waals surface area (Å²) in [5.74, 6) is -2.88. The Morgan fingerprint density at radius 2 is 2.09 bits per heavy atom. The van der Waals surface area contributed by atoms with Gasteiger partial charge >= 0.3 is 12.6 Å². The van der Waals surface area contributed by atoms with Crippen LogP contribution in [-0.4, -0.2) is 54.1 Å². The van der Waals surface area contributed by atoms with E-state index in [1.807, 2.05) is 0 Å². The summed E-state index contributed by atoms with van der Waals surface area (Å²) in [6, 6.07) is 0.729. The zero-order valence-electron chi connectivity index (χ0n) is 17.4. The third kappa shape index (κ3) is 3.71. The van der Waals surface area contributed by atoms with E-state index in [9.17, 15) is 23.5 Å². The highest BCUT2D eigenvalue weighted by Gasteiger charge is 2.51. The number of alkyl halides is 2. The van der Waals surface area contributed by atoms with Gasteiger partial charge in [0.2, 0.25) is 5.43 Å². The number of hydrogen-bond acceptors (Lipinski definition) is 6. The SMILES string of the molecule is Cl.NCC12CN(c3c(F)cc4c(=O)c(C(=O)O)cn(C5CC5)c4c3OC(F)F)CC1CCO2. The number of carboxylic acid groups (broad SMARTS) is 1. The Morgan fingerprint density at radius 3 is 2.67 bits per heavy atom. The number of pyridine rings is 1. The van der Waals surface area contributed by atoms with Gasteiger partial charge < -0.3 is 29.8 Å². The van der Waals surface area contributed by atoms with Crippen LogP contribution in [0.4, 0.5) is 18.9 Å². The number of hydrogen-bond donors (Lipinski definition) is 2. The molecule has 8 nitrogen and oxygen atoms in total. The Labute approximate surface area is 192 Å². The van der Waals surface area contributed by atoms with Crippen LogP contribution in [0.2, 0.25) is 0 Å². The Balaban J connectivity index is 0.00000259. The molecule has 1 aliphatic carbocycles. The molecule has 12 heteroatoms. The number of anilines is 1. The van der Waals surface area contributed by atoms with Gasteiger partial charge in [-0.05, 0) is 25.3 Å². The van der Waals surface area contributed by atoms with Crippen LogP contribution >= 0.6 is 12.4 Å². The van der Waals surface area contributed by atoms with E-state index in [1.165, 1.54) is 4.57 Å². The fourth-order valence-electron chi connectivity index (χ4n) is 5.06. The lowest BCUT2D eigenvalue weighted by Gasteiger charge is -2.28. The molecule has 2 unspecified atom stereocenters. The highest BCUT2D eigenvalue weighted by atomic mass is 35.5. The maximum atomic E-state index is 15.4. The topological polar surface area (TPSA) is 107 Å². The van der Waals surface area contributed by atoms with Crippen molar-refractivity contribution >= 4 is 35.0 Å². The molecule has 1 saturated carbocycles. The van der Waals surface area contributed by atoms with Gasteiger partial charge in [-0.3, -0.25) is 4.79 Å². The molecule has 2 aromatic rings. The van der Waals surface area contributed by atoms with Crippen molar-refractivity contribution in [1.29, 1.82) is 0 Å². The van der Waals surface area contributed by atoms with Gasteiger partial charge in [-0.1, -0.05) is 0 Å². The van der Waals surface area contributed by atoms with Gasteiger partial charge in [0.05, 0.1) is 10.9 Å². The highest BCUT2D eigenvalue weighted by molar-refractivity contribution is 5.97. The van der Waals surface area contributed by atoms with Crippen LogP contribution in [0, 0.1) is 11.7 Å². The Morgan fingerprint density at radius 1 is 1.36 bits per heavy atom. The fraction of sp³-hybridized carbons (Fsp3) is 0.524. The number of nitrogens with zero attached hydrogens (tertiary/aromatic N) is 2. The molecule has 1 aromatic carbocycles. The standard InChI is InChI=1S/C21H22F3N3O5.ClH/c22-14-5-12-15(27(11-1-2-11)7-13(17(12)28)19(29)30)18(32-20(23)24)16(14)26-6-10-3-4-31-21(10,8-25)9-26;/h5,7,10-11,20H,1-4,6,8-9,25H2,(H,29,30);1H. The second-order valence-corrected chi connectivity index (χ2v) is 8.61. The van der Waals surface area contributed by atoms with Gasteiger partial charge in [-0.15, -0.1) is 12.4 Å². The smallest absolute Gasteiger partial charge is 0.387 e. The van der Waals surface area contributed by atoms with E-state index in [-0.39, 0.29) is 54.0 Å². The van der Waals surface area contributed by atoms with Gasteiger partial charge in [0.1, 0.15) is 16.9 Å². The Bertz CT molecular complexity index is 1170. The van der Waals surface area contributed by atoms with Crippen LogP contribution in [0.15, 0.2) is 17.1 Å². The van der Waals surface area contributed by atoms with Gasteiger partial charge in [-0.25, -0.2) is 9.18 Å². The molecule has 3 N–H and O–H groups in total. The average Bonchev–Trinajstić information content (AvgIpc) is 3.40. The summed E-state index contributed by atoms with van der Waals surface area (Å²) in [5, 5.41) is 9.11.